The fourth-order valence-corrected chi connectivity index (χ4v) is 2.63. The first-order chi connectivity index (χ1) is 8.95. The SMILES string of the molecule is CCCc1ccccc1-n1c(C(C)(C)C)c[nH]c1=S. The van der Waals surface area contributed by atoms with Crippen LogP contribution in [0, 0.1) is 4.77 Å². The van der Waals surface area contributed by atoms with Crippen LogP contribution in [-0.4, -0.2) is 9.55 Å². The van der Waals surface area contributed by atoms with Crippen molar-refractivity contribution in [3.8, 4) is 5.69 Å². The van der Waals surface area contributed by atoms with Gasteiger partial charge in [-0.05, 0) is 30.3 Å². The van der Waals surface area contributed by atoms with Crippen LogP contribution in [0.4, 0.5) is 0 Å². The van der Waals surface area contributed by atoms with Crippen molar-refractivity contribution in [2.45, 2.75) is 46.0 Å². The molecule has 19 heavy (non-hydrogen) atoms. The second kappa shape index (κ2) is 5.33. The Morgan fingerprint density at radius 1 is 1.21 bits per heavy atom. The summed E-state index contributed by atoms with van der Waals surface area (Å²) in [5, 5.41) is 0. The standard InChI is InChI=1S/C16H22N2S/c1-5-8-12-9-6-7-10-13(12)18-14(16(2,3)4)11-17-15(18)19/h6-7,9-11H,5,8H2,1-4H3,(H,17,19). The van der Waals surface area contributed by atoms with E-state index in [1.54, 1.807) is 0 Å². The highest BCUT2D eigenvalue weighted by molar-refractivity contribution is 7.71. The molecule has 0 aliphatic carbocycles. The summed E-state index contributed by atoms with van der Waals surface area (Å²) in [6.45, 7) is 8.84. The van der Waals surface area contributed by atoms with Gasteiger partial charge in [0.05, 0.1) is 5.69 Å². The Hall–Kier alpha value is -1.35. The van der Waals surface area contributed by atoms with Crippen LogP contribution < -0.4 is 0 Å². The molecule has 1 aromatic heterocycles. The van der Waals surface area contributed by atoms with E-state index in [4.69, 9.17) is 12.2 Å². The molecule has 102 valence electrons. The van der Waals surface area contributed by atoms with Gasteiger partial charge in [0.25, 0.3) is 0 Å². The second-order valence-corrected chi connectivity index (χ2v) is 6.33. The molecule has 0 atom stereocenters. The Bertz CT molecular complexity index is 614. The molecule has 0 radical (unpaired) electrons. The number of para-hydroxylation sites is 1. The molecule has 0 spiro atoms. The van der Waals surface area contributed by atoms with E-state index < -0.39 is 0 Å². The van der Waals surface area contributed by atoms with Crippen molar-refractivity contribution in [1.29, 1.82) is 0 Å². The topological polar surface area (TPSA) is 20.7 Å². The summed E-state index contributed by atoms with van der Waals surface area (Å²) in [4.78, 5) is 3.19. The molecule has 0 fully saturated rings. The Balaban J connectivity index is 2.66. The Labute approximate surface area is 120 Å². The second-order valence-electron chi connectivity index (χ2n) is 5.94. The van der Waals surface area contributed by atoms with E-state index in [1.807, 2.05) is 6.20 Å². The largest absolute Gasteiger partial charge is 0.337 e. The van der Waals surface area contributed by atoms with Crippen molar-refractivity contribution >= 4 is 12.2 Å². The van der Waals surface area contributed by atoms with Gasteiger partial charge in [0.2, 0.25) is 0 Å². The molecular formula is C16H22N2S. The fourth-order valence-electron chi connectivity index (χ4n) is 2.37. The van der Waals surface area contributed by atoms with Gasteiger partial charge in [0.15, 0.2) is 4.77 Å². The first kappa shape index (κ1) is 14.1. The number of H-pyrrole nitrogens is 1. The molecule has 1 heterocycles. The third kappa shape index (κ3) is 2.81. The highest BCUT2D eigenvalue weighted by Crippen LogP contribution is 2.27. The zero-order valence-corrected chi connectivity index (χ0v) is 13.0. The van der Waals surface area contributed by atoms with E-state index in [1.165, 1.54) is 16.9 Å². The fraction of sp³-hybridized carbons (Fsp3) is 0.438. The van der Waals surface area contributed by atoms with Gasteiger partial charge in [0, 0.05) is 17.3 Å². The number of aryl methyl sites for hydroxylation is 1. The molecule has 3 heteroatoms. The first-order valence-electron chi connectivity index (χ1n) is 6.84. The number of nitrogens with one attached hydrogen (secondary N) is 1. The average molecular weight is 274 g/mol. The van der Waals surface area contributed by atoms with E-state index in [0.717, 1.165) is 17.6 Å². The van der Waals surface area contributed by atoms with Gasteiger partial charge >= 0.3 is 0 Å². The molecule has 0 amide bonds. The molecule has 1 N–H and O–H groups in total. The number of aromatic nitrogens is 2. The Morgan fingerprint density at radius 3 is 2.53 bits per heavy atom. The highest BCUT2D eigenvalue weighted by Gasteiger charge is 2.21. The zero-order valence-electron chi connectivity index (χ0n) is 12.2. The minimum Gasteiger partial charge on any atom is -0.337 e. The lowest BCUT2D eigenvalue weighted by Crippen LogP contribution is -2.17. The number of benzene rings is 1. The smallest absolute Gasteiger partial charge is 0.182 e. The van der Waals surface area contributed by atoms with Crippen LogP contribution in [-0.2, 0) is 11.8 Å². The van der Waals surface area contributed by atoms with Crippen LogP contribution in [0.3, 0.4) is 0 Å². The lowest BCUT2D eigenvalue weighted by molar-refractivity contribution is 0.555. The van der Waals surface area contributed by atoms with Gasteiger partial charge in [-0.3, -0.25) is 4.57 Å². The minimum absolute atomic E-state index is 0.0624. The predicted molar refractivity (Wildman–Crippen MR) is 83.6 cm³/mol. The molecule has 0 aliphatic heterocycles. The van der Waals surface area contributed by atoms with Crippen LogP contribution in [0.15, 0.2) is 30.5 Å². The van der Waals surface area contributed by atoms with Gasteiger partial charge in [0.1, 0.15) is 0 Å². The molecule has 0 bridgehead atoms. The summed E-state index contributed by atoms with van der Waals surface area (Å²) >= 11 is 5.47. The lowest BCUT2D eigenvalue weighted by atomic mass is 9.92. The summed E-state index contributed by atoms with van der Waals surface area (Å²) in [5.41, 5.74) is 3.85. The number of nitrogens with zero attached hydrogens (tertiary/aromatic N) is 1. The molecular weight excluding hydrogens is 252 g/mol. The normalized spacial score (nSPS) is 11.8. The summed E-state index contributed by atoms with van der Waals surface area (Å²) in [6.07, 6.45) is 4.25. The third-order valence-electron chi connectivity index (χ3n) is 3.30. The van der Waals surface area contributed by atoms with Gasteiger partial charge in [-0.2, -0.15) is 0 Å². The number of imidazole rings is 1. The number of aromatic amines is 1. The molecule has 0 aliphatic rings. The van der Waals surface area contributed by atoms with Crippen LogP contribution in [0.1, 0.15) is 45.4 Å². The maximum absolute atomic E-state index is 5.47. The summed E-state index contributed by atoms with van der Waals surface area (Å²) in [6, 6.07) is 8.53. The van der Waals surface area contributed by atoms with E-state index in [-0.39, 0.29) is 5.41 Å². The van der Waals surface area contributed by atoms with Gasteiger partial charge in [-0.15, -0.1) is 0 Å². The molecule has 0 saturated heterocycles. The molecule has 0 unspecified atom stereocenters. The van der Waals surface area contributed by atoms with Crippen LogP contribution >= 0.6 is 12.2 Å². The average Bonchev–Trinajstić information content (AvgIpc) is 2.72. The first-order valence-corrected chi connectivity index (χ1v) is 7.25. The van der Waals surface area contributed by atoms with E-state index in [9.17, 15) is 0 Å². The van der Waals surface area contributed by atoms with Crippen molar-refractivity contribution in [2.75, 3.05) is 0 Å². The van der Waals surface area contributed by atoms with Gasteiger partial charge in [-0.25, -0.2) is 0 Å². The number of rotatable bonds is 3. The quantitative estimate of drug-likeness (QED) is 0.798. The van der Waals surface area contributed by atoms with Crippen molar-refractivity contribution in [2.24, 2.45) is 0 Å². The molecule has 2 aromatic rings. The van der Waals surface area contributed by atoms with Gasteiger partial charge < -0.3 is 4.98 Å². The minimum atomic E-state index is 0.0624. The maximum atomic E-state index is 5.47. The van der Waals surface area contributed by atoms with Crippen molar-refractivity contribution in [3.05, 3.63) is 46.5 Å². The van der Waals surface area contributed by atoms with Crippen LogP contribution in [0.5, 0.6) is 0 Å². The third-order valence-corrected chi connectivity index (χ3v) is 3.60. The van der Waals surface area contributed by atoms with E-state index in [0.29, 0.717) is 0 Å². The lowest BCUT2D eigenvalue weighted by Gasteiger charge is -2.22. The monoisotopic (exact) mass is 274 g/mol. The van der Waals surface area contributed by atoms with E-state index >= 15 is 0 Å². The summed E-state index contributed by atoms with van der Waals surface area (Å²) in [5.74, 6) is 0. The van der Waals surface area contributed by atoms with E-state index in [2.05, 4.69) is 61.5 Å². The summed E-state index contributed by atoms with van der Waals surface area (Å²) < 4.78 is 2.95. The highest BCUT2D eigenvalue weighted by atomic mass is 32.1. The predicted octanol–water partition coefficient (Wildman–Crippen LogP) is 4.78. The van der Waals surface area contributed by atoms with Crippen molar-refractivity contribution < 1.29 is 0 Å². The van der Waals surface area contributed by atoms with Crippen LogP contribution in [0.2, 0.25) is 0 Å². The molecule has 2 nitrogen and oxygen atoms in total. The molecule has 2 rings (SSSR count). The van der Waals surface area contributed by atoms with Crippen LogP contribution in [0.25, 0.3) is 5.69 Å². The number of hydrogen-bond acceptors (Lipinski definition) is 1. The maximum Gasteiger partial charge on any atom is 0.182 e. The van der Waals surface area contributed by atoms with Gasteiger partial charge in [-0.1, -0.05) is 52.3 Å². The van der Waals surface area contributed by atoms with Crippen molar-refractivity contribution in [3.63, 3.8) is 0 Å². The summed E-state index contributed by atoms with van der Waals surface area (Å²) in [7, 11) is 0. The Kier molecular flexibility index (Phi) is 3.95. The molecule has 0 saturated carbocycles. The Morgan fingerprint density at radius 2 is 1.89 bits per heavy atom. The molecule has 1 aromatic carbocycles. The zero-order chi connectivity index (χ0) is 14.0. The number of hydrogen-bond donors (Lipinski definition) is 1. The van der Waals surface area contributed by atoms with Crippen molar-refractivity contribution in [1.82, 2.24) is 9.55 Å².